The number of carbonyl (C=O) groups excluding carboxylic acids is 1. The van der Waals surface area contributed by atoms with Crippen molar-refractivity contribution >= 4 is 6.09 Å². The molecule has 0 saturated heterocycles. The van der Waals surface area contributed by atoms with E-state index in [1.165, 1.54) is 0 Å². The number of carbonyl (C=O) groups is 1. The zero-order valence-corrected chi connectivity index (χ0v) is 12.3. The predicted octanol–water partition coefficient (Wildman–Crippen LogP) is 2.94. The summed E-state index contributed by atoms with van der Waals surface area (Å²) in [5, 5.41) is 12.6. The summed E-state index contributed by atoms with van der Waals surface area (Å²) >= 11 is 0. The maximum Gasteiger partial charge on any atom is 0.407 e. The molecule has 0 aliphatic carbocycles. The van der Waals surface area contributed by atoms with Crippen LogP contribution in [0.2, 0.25) is 0 Å². The standard InChI is InChI=1S/C15H23NO3/c1-14(2,3)19-13(17)16-10-11-7-6-8-12(9-11)15(4,5)18/h6-9,18H,10H2,1-5H3,(H,16,17). The molecule has 1 rings (SSSR count). The Labute approximate surface area is 114 Å². The van der Waals surface area contributed by atoms with Crippen LogP contribution in [0.4, 0.5) is 4.79 Å². The molecule has 0 aliphatic heterocycles. The number of alkyl carbamates (subject to hydrolysis) is 1. The highest BCUT2D eigenvalue weighted by Crippen LogP contribution is 2.20. The van der Waals surface area contributed by atoms with Gasteiger partial charge in [0.25, 0.3) is 0 Å². The Morgan fingerprint density at radius 1 is 1.26 bits per heavy atom. The van der Waals surface area contributed by atoms with Crippen LogP contribution >= 0.6 is 0 Å². The molecule has 0 fully saturated rings. The molecule has 4 nitrogen and oxygen atoms in total. The molecule has 0 radical (unpaired) electrons. The number of rotatable bonds is 3. The van der Waals surface area contributed by atoms with E-state index in [9.17, 15) is 9.90 Å². The average Bonchev–Trinajstić information content (AvgIpc) is 2.23. The van der Waals surface area contributed by atoms with Gasteiger partial charge in [0, 0.05) is 6.54 Å². The van der Waals surface area contributed by atoms with Gasteiger partial charge < -0.3 is 15.2 Å². The van der Waals surface area contributed by atoms with Gasteiger partial charge in [-0.3, -0.25) is 0 Å². The predicted molar refractivity (Wildman–Crippen MR) is 74.8 cm³/mol. The summed E-state index contributed by atoms with van der Waals surface area (Å²) in [7, 11) is 0. The fourth-order valence-electron chi connectivity index (χ4n) is 1.55. The van der Waals surface area contributed by atoms with E-state index in [1.54, 1.807) is 13.8 Å². The second-order valence-corrected chi connectivity index (χ2v) is 6.11. The second kappa shape index (κ2) is 5.61. The van der Waals surface area contributed by atoms with Gasteiger partial charge >= 0.3 is 6.09 Å². The van der Waals surface area contributed by atoms with Gasteiger partial charge in [0.2, 0.25) is 0 Å². The lowest BCUT2D eigenvalue weighted by Gasteiger charge is -2.20. The summed E-state index contributed by atoms with van der Waals surface area (Å²) in [6, 6.07) is 7.49. The maximum atomic E-state index is 11.5. The molecule has 0 atom stereocenters. The van der Waals surface area contributed by atoms with E-state index in [2.05, 4.69) is 5.32 Å². The van der Waals surface area contributed by atoms with Gasteiger partial charge in [-0.05, 0) is 45.7 Å². The third-order valence-corrected chi connectivity index (χ3v) is 2.47. The van der Waals surface area contributed by atoms with Crippen molar-refractivity contribution in [2.24, 2.45) is 0 Å². The Hall–Kier alpha value is -1.55. The lowest BCUT2D eigenvalue weighted by atomic mass is 9.97. The van der Waals surface area contributed by atoms with E-state index in [0.717, 1.165) is 11.1 Å². The van der Waals surface area contributed by atoms with Gasteiger partial charge in [-0.25, -0.2) is 4.79 Å². The van der Waals surface area contributed by atoms with Crippen LogP contribution in [0.15, 0.2) is 24.3 Å². The van der Waals surface area contributed by atoms with Crippen molar-refractivity contribution < 1.29 is 14.6 Å². The lowest BCUT2D eigenvalue weighted by Crippen LogP contribution is -2.32. The monoisotopic (exact) mass is 265 g/mol. The molecule has 0 aromatic heterocycles. The fourth-order valence-corrected chi connectivity index (χ4v) is 1.55. The van der Waals surface area contributed by atoms with Crippen LogP contribution in [0.5, 0.6) is 0 Å². The summed E-state index contributed by atoms with van der Waals surface area (Å²) in [5.74, 6) is 0. The van der Waals surface area contributed by atoms with E-state index in [4.69, 9.17) is 4.74 Å². The zero-order valence-electron chi connectivity index (χ0n) is 12.3. The van der Waals surface area contributed by atoms with Crippen LogP contribution in [0.1, 0.15) is 45.7 Å². The molecule has 0 bridgehead atoms. The molecule has 1 aromatic carbocycles. The first-order valence-electron chi connectivity index (χ1n) is 6.36. The number of amides is 1. The molecule has 4 heteroatoms. The van der Waals surface area contributed by atoms with Gasteiger partial charge in [0.05, 0.1) is 5.60 Å². The topological polar surface area (TPSA) is 58.6 Å². The molecule has 106 valence electrons. The van der Waals surface area contributed by atoms with Crippen LogP contribution in [-0.2, 0) is 16.9 Å². The molecule has 0 saturated carbocycles. The van der Waals surface area contributed by atoms with Crippen LogP contribution in [0.3, 0.4) is 0 Å². The maximum absolute atomic E-state index is 11.5. The first-order valence-corrected chi connectivity index (χ1v) is 6.36. The Morgan fingerprint density at radius 3 is 2.42 bits per heavy atom. The largest absolute Gasteiger partial charge is 0.444 e. The molecule has 0 unspecified atom stereocenters. The smallest absolute Gasteiger partial charge is 0.407 e. The van der Waals surface area contributed by atoms with Gasteiger partial charge in [-0.2, -0.15) is 0 Å². The van der Waals surface area contributed by atoms with Crippen molar-refractivity contribution in [2.45, 2.75) is 52.4 Å². The van der Waals surface area contributed by atoms with Gasteiger partial charge in [-0.15, -0.1) is 0 Å². The minimum Gasteiger partial charge on any atom is -0.444 e. The quantitative estimate of drug-likeness (QED) is 0.883. The Morgan fingerprint density at radius 2 is 1.89 bits per heavy atom. The highest BCUT2D eigenvalue weighted by molar-refractivity contribution is 5.67. The van der Waals surface area contributed by atoms with Crippen molar-refractivity contribution in [1.82, 2.24) is 5.32 Å². The molecule has 0 spiro atoms. The third kappa shape index (κ3) is 5.75. The molecule has 1 aromatic rings. The van der Waals surface area contributed by atoms with E-state index >= 15 is 0 Å². The van der Waals surface area contributed by atoms with E-state index in [0.29, 0.717) is 6.54 Å². The summed E-state index contributed by atoms with van der Waals surface area (Å²) in [4.78, 5) is 11.5. The van der Waals surface area contributed by atoms with Gasteiger partial charge in [0.15, 0.2) is 0 Å². The molecular weight excluding hydrogens is 242 g/mol. The average molecular weight is 265 g/mol. The summed E-state index contributed by atoms with van der Waals surface area (Å²) in [5.41, 5.74) is 0.350. The van der Waals surface area contributed by atoms with E-state index in [-0.39, 0.29) is 0 Å². The zero-order chi connectivity index (χ0) is 14.7. The summed E-state index contributed by atoms with van der Waals surface area (Å²) in [6.45, 7) is 9.30. The van der Waals surface area contributed by atoms with E-state index in [1.807, 2.05) is 45.0 Å². The minimum absolute atomic E-state index is 0.374. The highest BCUT2D eigenvalue weighted by Gasteiger charge is 2.17. The van der Waals surface area contributed by atoms with E-state index < -0.39 is 17.3 Å². The highest BCUT2D eigenvalue weighted by atomic mass is 16.6. The number of ether oxygens (including phenoxy) is 1. The van der Waals surface area contributed by atoms with Crippen molar-refractivity contribution in [1.29, 1.82) is 0 Å². The van der Waals surface area contributed by atoms with Crippen molar-refractivity contribution in [3.63, 3.8) is 0 Å². The number of aliphatic hydroxyl groups is 1. The number of hydrogen-bond donors (Lipinski definition) is 2. The fraction of sp³-hybridized carbons (Fsp3) is 0.533. The summed E-state index contributed by atoms with van der Waals surface area (Å²) in [6.07, 6.45) is -0.443. The van der Waals surface area contributed by atoms with Crippen molar-refractivity contribution in [3.8, 4) is 0 Å². The van der Waals surface area contributed by atoms with Crippen LogP contribution in [-0.4, -0.2) is 16.8 Å². The van der Waals surface area contributed by atoms with Gasteiger partial charge in [-0.1, -0.05) is 24.3 Å². The Bertz CT molecular complexity index is 441. The first kappa shape index (κ1) is 15.5. The SMILES string of the molecule is CC(C)(C)OC(=O)NCc1cccc(C(C)(C)O)c1. The number of hydrogen-bond acceptors (Lipinski definition) is 3. The van der Waals surface area contributed by atoms with Crippen LogP contribution in [0, 0.1) is 0 Å². The lowest BCUT2D eigenvalue weighted by molar-refractivity contribution is 0.0523. The van der Waals surface area contributed by atoms with Crippen molar-refractivity contribution in [2.75, 3.05) is 0 Å². The number of nitrogens with one attached hydrogen (secondary N) is 1. The normalized spacial score (nSPS) is 12.1. The third-order valence-electron chi connectivity index (χ3n) is 2.47. The second-order valence-electron chi connectivity index (χ2n) is 6.11. The first-order chi connectivity index (χ1) is 8.58. The Balaban J connectivity index is 2.62. The molecule has 0 heterocycles. The van der Waals surface area contributed by atoms with Crippen LogP contribution in [0.25, 0.3) is 0 Å². The molecule has 0 aliphatic rings. The van der Waals surface area contributed by atoms with Crippen molar-refractivity contribution in [3.05, 3.63) is 35.4 Å². The summed E-state index contributed by atoms with van der Waals surface area (Å²) < 4.78 is 5.16. The molecular formula is C15H23NO3. The molecule has 2 N–H and O–H groups in total. The molecule has 19 heavy (non-hydrogen) atoms. The molecule has 1 amide bonds. The van der Waals surface area contributed by atoms with Gasteiger partial charge in [0.1, 0.15) is 5.60 Å². The Kier molecular flexibility index (Phi) is 4.58. The minimum atomic E-state index is -0.887. The number of benzene rings is 1. The van der Waals surface area contributed by atoms with Crippen LogP contribution < -0.4 is 5.32 Å².